The van der Waals surface area contributed by atoms with Gasteiger partial charge in [-0.05, 0) is 20.8 Å². The lowest BCUT2D eigenvalue weighted by molar-refractivity contribution is -0.239. The van der Waals surface area contributed by atoms with Crippen molar-refractivity contribution in [2.24, 2.45) is 5.73 Å². The van der Waals surface area contributed by atoms with Crippen LogP contribution in [-0.4, -0.2) is 37.6 Å². The summed E-state index contributed by atoms with van der Waals surface area (Å²) in [4.78, 5) is 0. The van der Waals surface area contributed by atoms with Gasteiger partial charge < -0.3 is 15.2 Å². The van der Waals surface area contributed by atoms with Crippen LogP contribution in [0.25, 0.3) is 0 Å². The molecule has 0 aliphatic rings. The van der Waals surface area contributed by atoms with Gasteiger partial charge in [-0.25, -0.2) is 0 Å². The summed E-state index contributed by atoms with van der Waals surface area (Å²) in [6.45, 7) is 5.14. The van der Waals surface area contributed by atoms with E-state index in [4.69, 9.17) is 15.2 Å². The highest BCUT2D eigenvalue weighted by Crippen LogP contribution is 2.25. The number of ether oxygens (including phenoxy) is 2. The van der Waals surface area contributed by atoms with E-state index >= 15 is 0 Å². The Hall–Kier alpha value is -0.330. The predicted octanol–water partition coefficient (Wildman–Crippen LogP) is 1.71. The topological polar surface area (TPSA) is 44.5 Å². The molecule has 0 aliphatic carbocycles. The van der Waals surface area contributed by atoms with Crippen LogP contribution in [0.3, 0.4) is 0 Å². The summed E-state index contributed by atoms with van der Waals surface area (Å²) in [6, 6.07) is -1.09. The molecule has 92 valence electrons. The Bertz CT molecular complexity index is 173. The number of hydrogen-bond donors (Lipinski definition) is 1. The van der Waals surface area contributed by atoms with Crippen molar-refractivity contribution in [1.29, 1.82) is 0 Å². The molecule has 0 spiro atoms. The Kier molecular flexibility index (Phi) is 6.16. The van der Waals surface area contributed by atoms with Gasteiger partial charge in [0.05, 0.1) is 12.7 Å². The lowest BCUT2D eigenvalue weighted by atomic mass is 10.2. The minimum absolute atomic E-state index is 0.135. The Morgan fingerprint density at radius 2 is 1.80 bits per heavy atom. The van der Waals surface area contributed by atoms with E-state index in [9.17, 15) is 13.2 Å². The van der Waals surface area contributed by atoms with Crippen molar-refractivity contribution in [2.45, 2.75) is 45.2 Å². The average Bonchev–Trinajstić information content (AvgIpc) is 2.08. The lowest BCUT2D eigenvalue weighted by Gasteiger charge is -2.27. The fraction of sp³-hybridized carbons (Fsp3) is 1.00. The fourth-order valence-electron chi connectivity index (χ4n) is 1.07. The normalized spacial score (nSPS) is 18.6. The molecule has 0 heterocycles. The molecule has 3 unspecified atom stereocenters. The van der Waals surface area contributed by atoms with Crippen LogP contribution in [0.5, 0.6) is 0 Å². The van der Waals surface area contributed by atoms with Crippen LogP contribution in [0.1, 0.15) is 20.8 Å². The molecular formula is C9H18F3NO2. The molecule has 0 aliphatic heterocycles. The largest absolute Gasteiger partial charge is 0.416 e. The third-order valence-corrected chi connectivity index (χ3v) is 1.74. The lowest BCUT2D eigenvalue weighted by Crippen LogP contribution is -2.47. The smallest absolute Gasteiger partial charge is 0.379 e. The van der Waals surface area contributed by atoms with Crippen molar-refractivity contribution in [3.8, 4) is 0 Å². The van der Waals surface area contributed by atoms with E-state index in [0.29, 0.717) is 6.61 Å². The van der Waals surface area contributed by atoms with E-state index in [1.807, 2.05) is 0 Å². The molecule has 0 saturated heterocycles. The minimum atomic E-state index is -4.44. The Morgan fingerprint density at radius 3 is 2.13 bits per heavy atom. The molecule has 0 rings (SSSR count). The number of hydrogen-bond acceptors (Lipinski definition) is 3. The maximum Gasteiger partial charge on any atom is 0.416 e. The molecule has 0 aromatic rings. The molecule has 0 amide bonds. The minimum Gasteiger partial charge on any atom is -0.379 e. The van der Waals surface area contributed by atoms with Crippen molar-refractivity contribution < 1.29 is 22.6 Å². The van der Waals surface area contributed by atoms with Gasteiger partial charge in [-0.2, -0.15) is 13.2 Å². The number of halogens is 3. The molecule has 0 radical (unpaired) electrons. The molecule has 15 heavy (non-hydrogen) atoms. The van der Waals surface area contributed by atoms with Crippen molar-refractivity contribution in [3.05, 3.63) is 0 Å². The Morgan fingerprint density at radius 1 is 1.27 bits per heavy atom. The third-order valence-electron chi connectivity index (χ3n) is 1.74. The van der Waals surface area contributed by atoms with Crippen LogP contribution >= 0.6 is 0 Å². The van der Waals surface area contributed by atoms with E-state index in [0.717, 1.165) is 0 Å². The summed E-state index contributed by atoms with van der Waals surface area (Å²) in [6.07, 6.45) is -7.00. The van der Waals surface area contributed by atoms with Gasteiger partial charge in [-0.3, -0.25) is 0 Å². The van der Waals surface area contributed by atoms with Gasteiger partial charge in [0.15, 0.2) is 6.10 Å². The van der Waals surface area contributed by atoms with Gasteiger partial charge in [-0.15, -0.1) is 0 Å². The van der Waals surface area contributed by atoms with Gasteiger partial charge in [0.25, 0.3) is 0 Å². The summed E-state index contributed by atoms with van der Waals surface area (Å²) < 4.78 is 47.0. The molecule has 0 aromatic heterocycles. The first kappa shape index (κ1) is 14.7. The van der Waals surface area contributed by atoms with Crippen LogP contribution in [0.2, 0.25) is 0 Å². The Balaban J connectivity index is 4.17. The summed E-state index contributed by atoms with van der Waals surface area (Å²) in [5, 5.41) is 0. The molecule has 2 N–H and O–H groups in total. The number of alkyl halides is 3. The van der Waals surface area contributed by atoms with Gasteiger partial charge in [0.2, 0.25) is 0 Å². The second-order valence-corrected chi connectivity index (χ2v) is 3.43. The molecule has 6 heteroatoms. The van der Waals surface area contributed by atoms with Crippen molar-refractivity contribution in [1.82, 2.24) is 0 Å². The fourth-order valence-corrected chi connectivity index (χ4v) is 1.07. The maximum absolute atomic E-state index is 12.4. The summed E-state index contributed by atoms with van der Waals surface area (Å²) in [5.41, 5.74) is 5.21. The van der Waals surface area contributed by atoms with Crippen molar-refractivity contribution in [3.63, 3.8) is 0 Å². The Labute approximate surface area is 87.7 Å². The zero-order valence-corrected chi connectivity index (χ0v) is 9.17. The average molecular weight is 229 g/mol. The summed E-state index contributed by atoms with van der Waals surface area (Å²) in [5.74, 6) is 0. The van der Waals surface area contributed by atoms with Crippen molar-refractivity contribution in [2.75, 3.05) is 13.2 Å². The standard InChI is InChI=1S/C9H18F3NO2/c1-4-14-5-6(2)15-8(7(3)13)9(10,11)12/h6-8H,4-5,13H2,1-3H3. The molecular weight excluding hydrogens is 211 g/mol. The van der Waals surface area contributed by atoms with E-state index in [2.05, 4.69) is 0 Å². The SMILES string of the molecule is CCOCC(C)OC(C(C)N)C(F)(F)F. The summed E-state index contributed by atoms with van der Waals surface area (Å²) >= 11 is 0. The van der Waals surface area contributed by atoms with Crippen molar-refractivity contribution >= 4 is 0 Å². The molecule has 3 nitrogen and oxygen atoms in total. The third kappa shape index (κ3) is 5.96. The van der Waals surface area contributed by atoms with Crippen LogP contribution in [-0.2, 0) is 9.47 Å². The van der Waals surface area contributed by atoms with Gasteiger partial charge in [-0.1, -0.05) is 0 Å². The highest BCUT2D eigenvalue weighted by molar-refractivity contribution is 4.77. The monoisotopic (exact) mass is 229 g/mol. The molecule has 0 fully saturated rings. The first-order valence-corrected chi connectivity index (χ1v) is 4.84. The molecule has 0 aromatic carbocycles. The highest BCUT2D eigenvalue weighted by atomic mass is 19.4. The van der Waals surface area contributed by atoms with Gasteiger partial charge >= 0.3 is 6.18 Å². The second-order valence-electron chi connectivity index (χ2n) is 3.43. The number of nitrogens with two attached hydrogens (primary N) is 1. The molecule has 0 bridgehead atoms. The van der Waals surface area contributed by atoms with E-state index in [-0.39, 0.29) is 6.61 Å². The van der Waals surface area contributed by atoms with Crippen LogP contribution in [0.4, 0.5) is 13.2 Å². The summed E-state index contributed by atoms with van der Waals surface area (Å²) in [7, 11) is 0. The maximum atomic E-state index is 12.4. The van der Waals surface area contributed by atoms with Gasteiger partial charge in [0, 0.05) is 12.6 Å². The first-order chi connectivity index (χ1) is 6.79. The van der Waals surface area contributed by atoms with Crippen LogP contribution in [0.15, 0.2) is 0 Å². The predicted molar refractivity (Wildman–Crippen MR) is 50.5 cm³/mol. The zero-order chi connectivity index (χ0) is 12.1. The van der Waals surface area contributed by atoms with E-state index < -0.39 is 24.4 Å². The molecule has 3 atom stereocenters. The second kappa shape index (κ2) is 6.30. The van der Waals surface area contributed by atoms with Crippen LogP contribution < -0.4 is 5.73 Å². The first-order valence-electron chi connectivity index (χ1n) is 4.84. The highest BCUT2D eigenvalue weighted by Gasteiger charge is 2.43. The number of rotatable bonds is 6. The molecule has 0 saturated carbocycles. The van der Waals surface area contributed by atoms with Gasteiger partial charge in [0.1, 0.15) is 0 Å². The van der Waals surface area contributed by atoms with Crippen LogP contribution in [0, 0.1) is 0 Å². The van der Waals surface area contributed by atoms with E-state index in [1.54, 1.807) is 6.92 Å². The zero-order valence-electron chi connectivity index (χ0n) is 9.17. The van der Waals surface area contributed by atoms with E-state index in [1.165, 1.54) is 13.8 Å². The quantitative estimate of drug-likeness (QED) is 0.754.